The van der Waals surface area contributed by atoms with Gasteiger partial charge in [-0.1, -0.05) is 11.6 Å². The molecule has 0 saturated heterocycles. The lowest BCUT2D eigenvalue weighted by Gasteiger charge is -2.16. The van der Waals surface area contributed by atoms with Crippen molar-refractivity contribution in [3.63, 3.8) is 0 Å². The van der Waals surface area contributed by atoms with Crippen LogP contribution in [0.4, 0.5) is 0 Å². The van der Waals surface area contributed by atoms with E-state index in [1.165, 1.54) is 6.92 Å². The third-order valence-corrected chi connectivity index (χ3v) is 3.47. The van der Waals surface area contributed by atoms with Gasteiger partial charge >= 0.3 is 0 Å². The summed E-state index contributed by atoms with van der Waals surface area (Å²) in [5.74, 6) is 0.302. The van der Waals surface area contributed by atoms with Gasteiger partial charge in [-0.3, -0.25) is 9.59 Å². The van der Waals surface area contributed by atoms with Crippen LogP contribution in [0, 0.1) is 0 Å². The summed E-state index contributed by atoms with van der Waals surface area (Å²) in [5.41, 5.74) is 0.527. The Labute approximate surface area is 117 Å². The van der Waals surface area contributed by atoms with Crippen LogP contribution < -0.4 is 4.74 Å². The highest BCUT2D eigenvalue weighted by atomic mass is 35.5. The number of carbonyl (C=O) groups is 2. The Hall–Kier alpha value is -1.55. The van der Waals surface area contributed by atoms with Crippen molar-refractivity contribution >= 4 is 23.3 Å². The van der Waals surface area contributed by atoms with Crippen molar-refractivity contribution in [1.29, 1.82) is 0 Å². The van der Waals surface area contributed by atoms with E-state index in [0.717, 1.165) is 12.8 Å². The standard InChI is InChI=1S/C14H16ClNO3/c1-9(17)10-3-6-13(12(15)7-10)19-8-14(18)16(2)11-4-5-11/h3,6-7,11H,4-5,8H2,1-2H3. The van der Waals surface area contributed by atoms with Gasteiger partial charge in [0.05, 0.1) is 5.02 Å². The molecule has 4 nitrogen and oxygen atoms in total. The number of halogens is 1. The molecule has 0 unspecified atom stereocenters. The number of benzene rings is 1. The van der Waals surface area contributed by atoms with Crippen molar-refractivity contribution in [2.24, 2.45) is 0 Å². The van der Waals surface area contributed by atoms with Crippen LogP contribution in [0.25, 0.3) is 0 Å². The van der Waals surface area contributed by atoms with Crippen LogP contribution >= 0.6 is 11.6 Å². The molecule has 2 rings (SSSR count). The first-order valence-corrected chi connectivity index (χ1v) is 6.56. The predicted octanol–water partition coefficient (Wildman–Crippen LogP) is 2.54. The fraction of sp³-hybridized carbons (Fsp3) is 0.429. The van der Waals surface area contributed by atoms with Gasteiger partial charge in [0.15, 0.2) is 12.4 Å². The Morgan fingerprint density at radius 3 is 2.63 bits per heavy atom. The SMILES string of the molecule is CC(=O)c1ccc(OCC(=O)N(C)C2CC2)c(Cl)c1. The number of likely N-dealkylation sites (N-methyl/N-ethyl adjacent to an activating group) is 1. The number of carbonyl (C=O) groups excluding carboxylic acids is 2. The lowest BCUT2D eigenvalue weighted by Crippen LogP contribution is -2.33. The molecule has 1 saturated carbocycles. The Bertz CT molecular complexity index is 511. The van der Waals surface area contributed by atoms with Crippen LogP contribution in [0.5, 0.6) is 5.75 Å². The van der Waals surface area contributed by atoms with E-state index < -0.39 is 0 Å². The van der Waals surface area contributed by atoms with Crippen molar-refractivity contribution in [2.75, 3.05) is 13.7 Å². The summed E-state index contributed by atoms with van der Waals surface area (Å²) in [6.07, 6.45) is 2.13. The molecular weight excluding hydrogens is 266 g/mol. The molecule has 0 aromatic heterocycles. The number of nitrogens with zero attached hydrogens (tertiary/aromatic N) is 1. The Kier molecular flexibility index (Phi) is 4.10. The van der Waals surface area contributed by atoms with Gasteiger partial charge < -0.3 is 9.64 Å². The van der Waals surface area contributed by atoms with E-state index in [-0.39, 0.29) is 18.3 Å². The third kappa shape index (κ3) is 3.47. The van der Waals surface area contributed by atoms with Gasteiger partial charge in [0.2, 0.25) is 0 Å². The Morgan fingerprint density at radius 2 is 2.11 bits per heavy atom. The summed E-state index contributed by atoms with van der Waals surface area (Å²) >= 11 is 6.01. The molecule has 5 heteroatoms. The van der Waals surface area contributed by atoms with E-state index in [1.54, 1.807) is 30.1 Å². The van der Waals surface area contributed by atoms with Crippen LogP contribution in [-0.2, 0) is 4.79 Å². The summed E-state index contributed by atoms with van der Waals surface area (Å²) in [5, 5.41) is 0.342. The normalized spacial score (nSPS) is 14.1. The molecule has 1 aromatic rings. The van der Waals surface area contributed by atoms with Crippen LogP contribution in [0.15, 0.2) is 18.2 Å². The molecule has 0 spiro atoms. The quantitative estimate of drug-likeness (QED) is 0.779. The van der Waals surface area contributed by atoms with Crippen molar-refractivity contribution in [2.45, 2.75) is 25.8 Å². The Balaban J connectivity index is 1.95. The molecule has 1 fully saturated rings. The smallest absolute Gasteiger partial charge is 0.260 e. The largest absolute Gasteiger partial charge is 0.482 e. The zero-order valence-electron chi connectivity index (χ0n) is 11.0. The van der Waals surface area contributed by atoms with Crippen molar-refractivity contribution in [3.05, 3.63) is 28.8 Å². The predicted molar refractivity (Wildman–Crippen MR) is 72.7 cm³/mol. The highest BCUT2D eigenvalue weighted by molar-refractivity contribution is 6.32. The molecule has 0 atom stereocenters. The number of amides is 1. The minimum Gasteiger partial charge on any atom is -0.482 e. The zero-order valence-corrected chi connectivity index (χ0v) is 11.7. The first kappa shape index (κ1) is 13.9. The fourth-order valence-corrected chi connectivity index (χ4v) is 1.98. The molecule has 0 heterocycles. The van der Waals surface area contributed by atoms with Crippen LogP contribution in [0.1, 0.15) is 30.1 Å². The van der Waals surface area contributed by atoms with Gasteiger partial charge in [-0.15, -0.1) is 0 Å². The summed E-state index contributed by atoms with van der Waals surface area (Å²) in [6.45, 7) is 1.44. The lowest BCUT2D eigenvalue weighted by molar-refractivity contribution is -0.132. The summed E-state index contributed by atoms with van der Waals surface area (Å²) in [7, 11) is 1.78. The lowest BCUT2D eigenvalue weighted by atomic mass is 10.1. The summed E-state index contributed by atoms with van der Waals surface area (Å²) in [4.78, 5) is 24.7. The third-order valence-electron chi connectivity index (χ3n) is 3.18. The highest BCUT2D eigenvalue weighted by Crippen LogP contribution is 2.27. The van der Waals surface area contributed by atoms with Crippen LogP contribution in [0.3, 0.4) is 0 Å². The first-order chi connectivity index (χ1) is 8.99. The topological polar surface area (TPSA) is 46.6 Å². The van der Waals surface area contributed by atoms with Gasteiger partial charge in [0, 0.05) is 18.7 Å². The maximum Gasteiger partial charge on any atom is 0.260 e. The minimum atomic E-state index is -0.0609. The van der Waals surface area contributed by atoms with Gasteiger partial charge in [-0.05, 0) is 38.0 Å². The van der Waals surface area contributed by atoms with E-state index in [2.05, 4.69) is 0 Å². The average molecular weight is 282 g/mol. The monoisotopic (exact) mass is 281 g/mol. The molecular formula is C14H16ClNO3. The number of ketones is 1. The number of hydrogen-bond donors (Lipinski definition) is 0. The number of rotatable bonds is 5. The molecule has 0 N–H and O–H groups in total. The van der Waals surface area contributed by atoms with E-state index in [1.807, 2.05) is 0 Å². The summed E-state index contributed by atoms with van der Waals surface area (Å²) < 4.78 is 5.40. The van der Waals surface area contributed by atoms with Gasteiger partial charge in [0.25, 0.3) is 5.91 Å². The molecule has 1 amide bonds. The molecule has 1 aliphatic rings. The minimum absolute atomic E-state index is 0.0356. The van der Waals surface area contributed by atoms with Gasteiger partial charge in [-0.25, -0.2) is 0 Å². The van der Waals surface area contributed by atoms with Gasteiger partial charge in [-0.2, -0.15) is 0 Å². The van der Waals surface area contributed by atoms with Crippen molar-refractivity contribution in [3.8, 4) is 5.75 Å². The maximum atomic E-state index is 11.8. The number of hydrogen-bond acceptors (Lipinski definition) is 3. The highest BCUT2D eigenvalue weighted by Gasteiger charge is 2.29. The Morgan fingerprint density at radius 1 is 1.42 bits per heavy atom. The second-order valence-electron chi connectivity index (χ2n) is 4.73. The van der Waals surface area contributed by atoms with E-state index >= 15 is 0 Å². The van der Waals surface area contributed by atoms with Crippen molar-refractivity contribution < 1.29 is 14.3 Å². The molecule has 0 radical (unpaired) electrons. The van der Waals surface area contributed by atoms with Crippen LogP contribution in [0.2, 0.25) is 5.02 Å². The molecule has 19 heavy (non-hydrogen) atoms. The molecule has 1 aromatic carbocycles. The van der Waals surface area contributed by atoms with E-state index in [4.69, 9.17) is 16.3 Å². The second-order valence-corrected chi connectivity index (χ2v) is 5.13. The summed E-state index contributed by atoms with van der Waals surface area (Å²) in [6, 6.07) is 5.17. The van der Waals surface area contributed by atoms with E-state index in [0.29, 0.717) is 22.4 Å². The average Bonchev–Trinajstić information content (AvgIpc) is 3.20. The van der Waals surface area contributed by atoms with Gasteiger partial charge in [0.1, 0.15) is 5.75 Å². The van der Waals surface area contributed by atoms with E-state index in [9.17, 15) is 9.59 Å². The maximum absolute atomic E-state index is 11.8. The fourth-order valence-electron chi connectivity index (χ4n) is 1.74. The first-order valence-electron chi connectivity index (χ1n) is 6.18. The molecule has 0 aliphatic heterocycles. The molecule has 0 bridgehead atoms. The molecule has 102 valence electrons. The number of ether oxygens (including phenoxy) is 1. The zero-order chi connectivity index (χ0) is 14.0. The number of Topliss-reactive ketones (excluding diaryl/α,β-unsaturated/α-hetero) is 1. The molecule has 1 aliphatic carbocycles. The van der Waals surface area contributed by atoms with Crippen LogP contribution in [-0.4, -0.2) is 36.3 Å². The van der Waals surface area contributed by atoms with Crippen molar-refractivity contribution in [1.82, 2.24) is 4.90 Å². The second kappa shape index (κ2) is 5.61.